The zero-order valence-corrected chi connectivity index (χ0v) is 8.88. The molecule has 1 aromatic rings. The van der Waals surface area contributed by atoms with Crippen LogP contribution in [0.3, 0.4) is 0 Å². The molecule has 1 aromatic carbocycles. The molecule has 0 aliphatic heterocycles. The van der Waals surface area contributed by atoms with Crippen molar-refractivity contribution in [2.75, 3.05) is 0 Å². The van der Waals surface area contributed by atoms with E-state index in [0.717, 1.165) is 0 Å². The molecule has 0 heterocycles. The van der Waals surface area contributed by atoms with Crippen LogP contribution in [0.4, 0.5) is 0 Å². The highest BCUT2D eigenvalue weighted by atomic mass is 14.1. The zero-order valence-electron chi connectivity index (χ0n) is 8.88. The SMILES string of the molecule is Cc1ccc(C)c(C2=CCCC=C2)c1. The largest absolute Gasteiger partial charge is 0.0836 e. The van der Waals surface area contributed by atoms with E-state index in [9.17, 15) is 0 Å². The lowest BCUT2D eigenvalue weighted by molar-refractivity contribution is 1.04. The molecule has 1 aliphatic carbocycles. The Labute approximate surface area is 86.0 Å². The highest BCUT2D eigenvalue weighted by Crippen LogP contribution is 2.24. The molecule has 0 fully saturated rings. The lowest BCUT2D eigenvalue weighted by Gasteiger charge is -2.11. The van der Waals surface area contributed by atoms with Gasteiger partial charge in [0.15, 0.2) is 0 Å². The second kappa shape index (κ2) is 3.83. The summed E-state index contributed by atoms with van der Waals surface area (Å²) < 4.78 is 0. The summed E-state index contributed by atoms with van der Waals surface area (Å²) in [6, 6.07) is 6.65. The molecule has 0 bridgehead atoms. The van der Waals surface area contributed by atoms with Crippen molar-refractivity contribution in [1.82, 2.24) is 0 Å². The first kappa shape index (κ1) is 9.26. The predicted molar refractivity (Wildman–Crippen MR) is 62.3 cm³/mol. The van der Waals surface area contributed by atoms with Crippen LogP contribution in [0.2, 0.25) is 0 Å². The van der Waals surface area contributed by atoms with Gasteiger partial charge in [0.25, 0.3) is 0 Å². The molecule has 2 rings (SSSR count). The van der Waals surface area contributed by atoms with Gasteiger partial charge in [-0.1, -0.05) is 42.0 Å². The van der Waals surface area contributed by atoms with Crippen molar-refractivity contribution in [3.63, 3.8) is 0 Å². The molecule has 0 unspecified atom stereocenters. The molecule has 0 saturated heterocycles. The van der Waals surface area contributed by atoms with Gasteiger partial charge in [0.1, 0.15) is 0 Å². The minimum atomic E-state index is 1.18. The molecule has 0 saturated carbocycles. The molecule has 72 valence electrons. The van der Waals surface area contributed by atoms with Crippen molar-refractivity contribution in [1.29, 1.82) is 0 Å². The lowest BCUT2D eigenvalue weighted by atomic mass is 9.95. The van der Waals surface area contributed by atoms with Crippen LogP contribution in [0.15, 0.2) is 36.4 Å². The topological polar surface area (TPSA) is 0 Å². The van der Waals surface area contributed by atoms with Crippen molar-refractivity contribution >= 4 is 5.57 Å². The Morgan fingerprint density at radius 3 is 2.64 bits per heavy atom. The Morgan fingerprint density at radius 2 is 1.93 bits per heavy atom. The van der Waals surface area contributed by atoms with E-state index in [2.05, 4.69) is 50.3 Å². The second-order valence-electron chi connectivity index (χ2n) is 3.96. The van der Waals surface area contributed by atoms with Crippen molar-refractivity contribution in [3.8, 4) is 0 Å². The van der Waals surface area contributed by atoms with Crippen LogP contribution in [0.5, 0.6) is 0 Å². The maximum atomic E-state index is 2.34. The van der Waals surface area contributed by atoms with Gasteiger partial charge < -0.3 is 0 Å². The summed E-state index contributed by atoms with van der Waals surface area (Å²) in [6.07, 6.45) is 9.21. The molecule has 0 N–H and O–H groups in total. The van der Waals surface area contributed by atoms with Crippen molar-refractivity contribution in [2.24, 2.45) is 0 Å². The van der Waals surface area contributed by atoms with Crippen LogP contribution < -0.4 is 0 Å². The smallest absolute Gasteiger partial charge is 0.0155 e. The highest BCUT2D eigenvalue weighted by molar-refractivity contribution is 5.76. The summed E-state index contributed by atoms with van der Waals surface area (Å²) in [5.74, 6) is 0. The molecule has 0 atom stereocenters. The number of hydrogen-bond donors (Lipinski definition) is 0. The highest BCUT2D eigenvalue weighted by Gasteiger charge is 2.04. The molecule has 0 nitrogen and oxygen atoms in total. The van der Waals surface area contributed by atoms with Crippen molar-refractivity contribution in [3.05, 3.63) is 53.1 Å². The summed E-state index contributed by atoms with van der Waals surface area (Å²) in [5, 5.41) is 0. The monoisotopic (exact) mass is 184 g/mol. The van der Waals surface area contributed by atoms with E-state index in [1.165, 1.54) is 35.1 Å². The van der Waals surface area contributed by atoms with E-state index in [4.69, 9.17) is 0 Å². The van der Waals surface area contributed by atoms with Gasteiger partial charge in [0.2, 0.25) is 0 Å². The molecule has 14 heavy (non-hydrogen) atoms. The molecule has 1 aliphatic rings. The third kappa shape index (κ3) is 1.79. The first-order valence-corrected chi connectivity index (χ1v) is 5.22. The number of rotatable bonds is 1. The molecule has 0 spiro atoms. The van der Waals surface area contributed by atoms with E-state index in [1.54, 1.807) is 0 Å². The maximum absolute atomic E-state index is 2.34. The summed E-state index contributed by atoms with van der Waals surface area (Å²) in [7, 11) is 0. The van der Waals surface area contributed by atoms with Crippen LogP contribution >= 0.6 is 0 Å². The summed E-state index contributed by atoms with van der Waals surface area (Å²) >= 11 is 0. The fourth-order valence-electron chi connectivity index (χ4n) is 1.86. The first-order valence-electron chi connectivity index (χ1n) is 5.22. The van der Waals surface area contributed by atoms with Crippen LogP contribution in [0, 0.1) is 13.8 Å². The van der Waals surface area contributed by atoms with Crippen LogP contribution in [0.1, 0.15) is 29.5 Å². The Kier molecular flexibility index (Phi) is 2.53. The fourth-order valence-corrected chi connectivity index (χ4v) is 1.86. The number of hydrogen-bond acceptors (Lipinski definition) is 0. The fraction of sp³-hybridized carbons (Fsp3) is 0.286. The third-order valence-corrected chi connectivity index (χ3v) is 2.70. The Morgan fingerprint density at radius 1 is 1.07 bits per heavy atom. The number of allylic oxidation sites excluding steroid dienone is 4. The summed E-state index contributed by atoms with van der Waals surface area (Å²) in [5.41, 5.74) is 5.48. The van der Waals surface area contributed by atoms with Gasteiger partial charge in [0.05, 0.1) is 0 Å². The molecular weight excluding hydrogens is 168 g/mol. The van der Waals surface area contributed by atoms with E-state index in [-0.39, 0.29) is 0 Å². The van der Waals surface area contributed by atoms with Gasteiger partial charge in [-0.25, -0.2) is 0 Å². The van der Waals surface area contributed by atoms with E-state index in [1.807, 2.05) is 0 Å². The van der Waals surface area contributed by atoms with Gasteiger partial charge in [-0.3, -0.25) is 0 Å². The molecular formula is C14H16. The van der Waals surface area contributed by atoms with E-state index >= 15 is 0 Å². The van der Waals surface area contributed by atoms with Gasteiger partial charge in [-0.05, 0) is 43.4 Å². The molecule has 0 heteroatoms. The standard InChI is InChI=1S/C14H16/c1-11-8-9-12(2)14(10-11)13-6-4-3-5-7-13/h4,6-10H,3,5H2,1-2H3. The van der Waals surface area contributed by atoms with E-state index in [0.29, 0.717) is 0 Å². The van der Waals surface area contributed by atoms with Gasteiger partial charge in [-0.2, -0.15) is 0 Å². The van der Waals surface area contributed by atoms with Crippen LogP contribution in [0.25, 0.3) is 5.57 Å². The predicted octanol–water partition coefficient (Wildman–Crippen LogP) is 4.04. The lowest BCUT2D eigenvalue weighted by Crippen LogP contribution is -1.90. The minimum Gasteiger partial charge on any atom is -0.0836 e. The summed E-state index contributed by atoms with van der Waals surface area (Å²) in [4.78, 5) is 0. The number of benzene rings is 1. The zero-order chi connectivity index (χ0) is 9.97. The quantitative estimate of drug-likeness (QED) is 0.618. The molecule has 0 radical (unpaired) electrons. The van der Waals surface area contributed by atoms with Crippen LogP contribution in [-0.2, 0) is 0 Å². The van der Waals surface area contributed by atoms with Crippen LogP contribution in [-0.4, -0.2) is 0 Å². The van der Waals surface area contributed by atoms with Crippen molar-refractivity contribution < 1.29 is 0 Å². The minimum absolute atomic E-state index is 1.18. The molecule has 0 amide bonds. The Balaban J connectivity index is 2.44. The second-order valence-corrected chi connectivity index (χ2v) is 3.96. The Hall–Kier alpha value is -1.30. The first-order chi connectivity index (χ1) is 6.77. The molecule has 0 aromatic heterocycles. The van der Waals surface area contributed by atoms with Gasteiger partial charge >= 0.3 is 0 Å². The average molecular weight is 184 g/mol. The van der Waals surface area contributed by atoms with Crippen molar-refractivity contribution in [2.45, 2.75) is 26.7 Å². The van der Waals surface area contributed by atoms with Gasteiger partial charge in [-0.15, -0.1) is 0 Å². The third-order valence-electron chi connectivity index (χ3n) is 2.70. The van der Waals surface area contributed by atoms with Gasteiger partial charge in [0, 0.05) is 0 Å². The summed E-state index contributed by atoms with van der Waals surface area (Å²) in [6.45, 7) is 4.33. The van der Waals surface area contributed by atoms with E-state index < -0.39 is 0 Å². The average Bonchev–Trinajstić information content (AvgIpc) is 2.23. The number of aryl methyl sites for hydroxylation is 2. The maximum Gasteiger partial charge on any atom is -0.0155 e. The Bertz CT molecular complexity index is 394. The normalized spacial score (nSPS) is 15.4.